The number of anilines is 2. The first-order valence-corrected chi connectivity index (χ1v) is 9.88. The van der Waals surface area contributed by atoms with Crippen LogP contribution in [-0.4, -0.2) is 59.6 Å². The molecule has 2 aliphatic heterocycles. The highest BCUT2D eigenvalue weighted by Gasteiger charge is 2.37. The molecule has 2 amide bonds. The molecule has 0 aliphatic carbocycles. The SMILES string of the molecule is NC(=O)C1CC(C(=O)N2CCN(c3ncccc3Cl)CC2)=NN1c1ccc(F)cc1. The number of hydrazone groups is 1. The van der Waals surface area contributed by atoms with Gasteiger partial charge in [0.15, 0.2) is 0 Å². The van der Waals surface area contributed by atoms with Crippen LogP contribution in [0, 0.1) is 5.82 Å². The zero-order valence-electron chi connectivity index (χ0n) is 16.0. The lowest BCUT2D eigenvalue weighted by Crippen LogP contribution is -2.51. The number of aromatic nitrogens is 1. The van der Waals surface area contributed by atoms with Crippen molar-refractivity contribution in [1.82, 2.24) is 9.88 Å². The van der Waals surface area contributed by atoms with Crippen molar-refractivity contribution in [1.29, 1.82) is 0 Å². The summed E-state index contributed by atoms with van der Waals surface area (Å²) in [4.78, 5) is 32.9. The predicted molar refractivity (Wildman–Crippen MR) is 112 cm³/mol. The average Bonchev–Trinajstić information content (AvgIpc) is 3.20. The van der Waals surface area contributed by atoms with Crippen molar-refractivity contribution in [3.05, 3.63) is 53.4 Å². The zero-order valence-corrected chi connectivity index (χ0v) is 16.8. The summed E-state index contributed by atoms with van der Waals surface area (Å²) < 4.78 is 13.2. The van der Waals surface area contributed by atoms with Gasteiger partial charge in [-0.25, -0.2) is 9.37 Å². The number of hydrogen-bond donors (Lipinski definition) is 1. The van der Waals surface area contributed by atoms with Crippen LogP contribution in [0.4, 0.5) is 15.9 Å². The number of primary amides is 1. The molecule has 8 nitrogen and oxygen atoms in total. The molecule has 30 heavy (non-hydrogen) atoms. The normalized spacial score (nSPS) is 19.1. The molecule has 156 valence electrons. The van der Waals surface area contributed by atoms with Gasteiger partial charge >= 0.3 is 0 Å². The van der Waals surface area contributed by atoms with Gasteiger partial charge in [-0.3, -0.25) is 14.6 Å². The Hall–Kier alpha value is -3.20. The van der Waals surface area contributed by atoms with E-state index in [0.29, 0.717) is 42.7 Å². The molecule has 10 heteroatoms. The number of hydrogen-bond acceptors (Lipinski definition) is 6. The third-order valence-electron chi connectivity index (χ3n) is 5.18. The minimum atomic E-state index is -0.789. The van der Waals surface area contributed by atoms with Crippen LogP contribution >= 0.6 is 11.6 Å². The maximum atomic E-state index is 13.2. The van der Waals surface area contributed by atoms with Crippen LogP contribution in [0.5, 0.6) is 0 Å². The molecule has 1 saturated heterocycles. The summed E-state index contributed by atoms with van der Waals surface area (Å²) in [7, 11) is 0. The number of nitrogens with two attached hydrogens (primary N) is 1. The van der Waals surface area contributed by atoms with E-state index in [-0.39, 0.29) is 18.0 Å². The molecule has 0 radical (unpaired) electrons. The van der Waals surface area contributed by atoms with E-state index >= 15 is 0 Å². The number of carbonyl (C=O) groups is 2. The minimum Gasteiger partial charge on any atom is -0.368 e. The van der Waals surface area contributed by atoms with Crippen molar-refractivity contribution in [2.75, 3.05) is 36.1 Å². The van der Waals surface area contributed by atoms with Gasteiger partial charge in [-0.05, 0) is 36.4 Å². The lowest BCUT2D eigenvalue weighted by atomic mass is 10.1. The van der Waals surface area contributed by atoms with Gasteiger partial charge in [-0.15, -0.1) is 0 Å². The van der Waals surface area contributed by atoms with E-state index in [9.17, 15) is 14.0 Å². The fraction of sp³-hybridized carbons (Fsp3) is 0.300. The third kappa shape index (κ3) is 3.93. The molecule has 2 aromatic rings. The highest BCUT2D eigenvalue weighted by Crippen LogP contribution is 2.27. The Balaban J connectivity index is 1.47. The molecule has 1 unspecified atom stereocenters. The second-order valence-corrected chi connectivity index (χ2v) is 7.49. The summed E-state index contributed by atoms with van der Waals surface area (Å²) in [5, 5.41) is 6.30. The molecule has 1 atom stereocenters. The highest BCUT2D eigenvalue weighted by molar-refractivity contribution is 6.40. The molecule has 0 bridgehead atoms. The number of nitrogens with zero attached hydrogens (tertiary/aromatic N) is 5. The smallest absolute Gasteiger partial charge is 0.270 e. The van der Waals surface area contributed by atoms with Gasteiger partial charge in [0.2, 0.25) is 5.91 Å². The monoisotopic (exact) mass is 430 g/mol. The van der Waals surface area contributed by atoms with E-state index in [0.717, 1.165) is 0 Å². The average molecular weight is 431 g/mol. The molecular weight excluding hydrogens is 411 g/mol. The summed E-state index contributed by atoms with van der Waals surface area (Å²) in [6.45, 7) is 2.11. The Morgan fingerprint density at radius 3 is 2.43 bits per heavy atom. The molecule has 1 fully saturated rings. The molecule has 2 aliphatic rings. The van der Waals surface area contributed by atoms with Crippen LogP contribution in [0.3, 0.4) is 0 Å². The summed E-state index contributed by atoms with van der Waals surface area (Å²) in [5.41, 5.74) is 6.27. The van der Waals surface area contributed by atoms with E-state index in [1.165, 1.54) is 29.3 Å². The fourth-order valence-electron chi connectivity index (χ4n) is 3.61. The largest absolute Gasteiger partial charge is 0.368 e. The number of carbonyl (C=O) groups excluding carboxylic acids is 2. The Morgan fingerprint density at radius 2 is 1.80 bits per heavy atom. The fourth-order valence-corrected chi connectivity index (χ4v) is 3.85. The summed E-state index contributed by atoms with van der Waals surface area (Å²) >= 11 is 6.21. The standard InChI is InChI=1S/C20H20ClFN6O2/c21-15-2-1-7-24-19(15)26-8-10-27(11-9-26)20(30)16-12-17(18(23)29)28(25-16)14-5-3-13(22)4-6-14/h1-7,17H,8-12H2,(H2,23,29). The Labute approximate surface area is 177 Å². The van der Waals surface area contributed by atoms with E-state index in [2.05, 4.69) is 10.1 Å². The van der Waals surface area contributed by atoms with Gasteiger partial charge < -0.3 is 15.5 Å². The summed E-state index contributed by atoms with van der Waals surface area (Å²) in [5.74, 6) is -0.543. The quantitative estimate of drug-likeness (QED) is 0.795. The number of halogens is 2. The molecule has 0 spiro atoms. The van der Waals surface area contributed by atoms with Crippen molar-refractivity contribution in [3.8, 4) is 0 Å². The first-order valence-electron chi connectivity index (χ1n) is 9.50. The van der Waals surface area contributed by atoms with Crippen molar-refractivity contribution in [3.63, 3.8) is 0 Å². The molecular formula is C20H20ClFN6O2. The van der Waals surface area contributed by atoms with Crippen molar-refractivity contribution >= 4 is 40.6 Å². The van der Waals surface area contributed by atoms with Crippen LogP contribution < -0.4 is 15.6 Å². The molecule has 3 heterocycles. The van der Waals surface area contributed by atoms with Crippen LogP contribution in [0.25, 0.3) is 0 Å². The maximum absolute atomic E-state index is 13.2. The second kappa shape index (κ2) is 8.27. The molecule has 2 N–H and O–H groups in total. The first-order chi connectivity index (χ1) is 14.4. The van der Waals surface area contributed by atoms with E-state index in [1.807, 2.05) is 4.90 Å². The van der Waals surface area contributed by atoms with Crippen molar-refractivity contribution in [2.24, 2.45) is 10.8 Å². The van der Waals surface area contributed by atoms with Crippen molar-refractivity contribution < 1.29 is 14.0 Å². The number of benzene rings is 1. The van der Waals surface area contributed by atoms with E-state index in [1.54, 1.807) is 23.2 Å². The van der Waals surface area contributed by atoms with Gasteiger partial charge in [0, 0.05) is 38.8 Å². The van der Waals surface area contributed by atoms with E-state index < -0.39 is 17.8 Å². The maximum Gasteiger partial charge on any atom is 0.270 e. The summed E-state index contributed by atoms with van der Waals surface area (Å²) in [6.07, 6.45) is 1.79. The highest BCUT2D eigenvalue weighted by atomic mass is 35.5. The number of pyridine rings is 1. The van der Waals surface area contributed by atoms with Crippen LogP contribution in [-0.2, 0) is 9.59 Å². The zero-order chi connectivity index (χ0) is 21.3. The molecule has 0 saturated carbocycles. The first kappa shape index (κ1) is 20.1. The lowest BCUT2D eigenvalue weighted by Gasteiger charge is -2.35. The lowest BCUT2D eigenvalue weighted by molar-refractivity contribution is -0.124. The van der Waals surface area contributed by atoms with Crippen molar-refractivity contribution in [2.45, 2.75) is 12.5 Å². The molecule has 1 aromatic heterocycles. The number of amides is 2. The Bertz CT molecular complexity index is 991. The Kier molecular flexibility index (Phi) is 5.54. The molecule has 1 aromatic carbocycles. The topological polar surface area (TPSA) is 95.1 Å². The minimum absolute atomic E-state index is 0.109. The van der Waals surface area contributed by atoms with Crippen LogP contribution in [0.1, 0.15) is 6.42 Å². The van der Waals surface area contributed by atoms with Gasteiger partial charge in [0.25, 0.3) is 5.91 Å². The number of rotatable bonds is 4. The summed E-state index contributed by atoms with van der Waals surface area (Å²) in [6, 6.07) is 8.29. The predicted octanol–water partition coefficient (Wildman–Crippen LogP) is 1.64. The van der Waals surface area contributed by atoms with E-state index in [4.69, 9.17) is 17.3 Å². The van der Waals surface area contributed by atoms with Gasteiger partial charge in [0.05, 0.1) is 10.7 Å². The van der Waals surface area contributed by atoms with Gasteiger partial charge in [-0.2, -0.15) is 5.10 Å². The van der Waals surface area contributed by atoms with Crippen LogP contribution in [0.2, 0.25) is 5.02 Å². The Morgan fingerprint density at radius 1 is 1.10 bits per heavy atom. The molecule has 4 rings (SSSR count). The number of piperazine rings is 1. The second-order valence-electron chi connectivity index (χ2n) is 7.08. The van der Waals surface area contributed by atoms with Gasteiger partial charge in [0.1, 0.15) is 23.4 Å². The van der Waals surface area contributed by atoms with Crippen LogP contribution in [0.15, 0.2) is 47.7 Å². The third-order valence-corrected chi connectivity index (χ3v) is 5.48. The van der Waals surface area contributed by atoms with Gasteiger partial charge in [-0.1, -0.05) is 11.6 Å².